The number of likely N-dealkylation sites (N-methyl/N-ethyl adjacent to an activating group) is 1. The van der Waals surface area contributed by atoms with E-state index in [2.05, 4.69) is 15.9 Å². The predicted molar refractivity (Wildman–Crippen MR) is 117 cm³/mol. The van der Waals surface area contributed by atoms with Crippen LogP contribution in [0.1, 0.15) is 18.1 Å². The molecule has 2 aromatic carbocycles. The fraction of sp³-hybridized carbons (Fsp3) is 0.200. The van der Waals surface area contributed by atoms with E-state index < -0.39 is 0 Å². The van der Waals surface area contributed by atoms with Gasteiger partial charge in [0.25, 0.3) is 5.91 Å². The Kier molecular flexibility index (Phi) is 6.74. The topological polar surface area (TPSA) is 38.8 Å². The summed E-state index contributed by atoms with van der Waals surface area (Å²) >= 11 is 9.95. The average molecular weight is 482 g/mol. The van der Waals surface area contributed by atoms with Gasteiger partial charge in [-0.25, -0.2) is 4.39 Å². The Balaban J connectivity index is 1.86. The average Bonchev–Trinajstić information content (AvgIpc) is 2.89. The lowest BCUT2D eigenvalue weighted by Gasteiger charge is -2.15. The molecule has 0 bridgehead atoms. The first kappa shape index (κ1) is 20.8. The van der Waals surface area contributed by atoms with E-state index in [0.29, 0.717) is 31.8 Å². The maximum atomic E-state index is 13.1. The summed E-state index contributed by atoms with van der Waals surface area (Å²) < 4.78 is 25.9. The van der Waals surface area contributed by atoms with Crippen LogP contribution in [0.25, 0.3) is 6.08 Å². The smallest absolute Gasteiger partial charge is 0.265 e. The molecular formula is C20H17BrFNO3S2. The quantitative estimate of drug-likeness (QED) is 0.408. The molecule has 0 unspecified atom stereocenters. The minimum absolute atomic E-state index is 0.124. The number of halogens is 2. The van der Waals surface area contributed by atoms with E-state index in [0.717, 1.165) is 11.1 Å². The molecule has 146 valence electrons. The number of carbonyl (C=O) groups excluding carboxylic acids is 1. The molecule has 0 saturated carbocycles. The number of thiocarbonyl (C=S) groups is 1. The lowest BCUT2D eigenvalue weighted by atomic mass is 10.1. The van der Waals surface area contributed by atoms with Gasteiger partial charge in [-0.2, -0.15) is 0 Å². The molecule has 1 amide bonds. The van der Waals surface area contributed by atoms with Gasteiger partial charge < -0.3 is 9.47 Å². The number of nitrogens with zero attached hydrogens (tertiary/aromatic N) is 1. The maximum Gasteiger partial charge on any atom is 0.265 e. The molecule has 1 heterocycles. The van der Waals surface area contributed by atoms with Crippen molar-refractivity contribution in [2.75, 3.05) is 13.7 Å². The molecule has 0 radical (unpaired) electrons. The molecule has 1 fully saturated rings. The van der Waals surface area contributed by atoms with Gasteiger partial charge in [-0.3, -0.25) is 9.69 Å². The van der Waals surface area contributed by atoms with Crippen molar-refractivity contribution in [3.05, 3.63) is 62.7 Å². The molecule has 0 spiro atoms. The van der Waals surface area contributed by atoms with Crippen LogP contribution in [0.3, 0.4) is 0 Å². The van der Waals surface area contributed by atoms with Gasteiger partial charge in [0.2, 0.25) is 0 Å². The van der Waals surface area contributed by atoms with Crippen LogP contribution < -0.4 is 9.47 Å². The van der Waals surface area contributed by atoms with Crippen molar-refractivity contribution >= 4 is 56.2 Å². The minimum atomic E-state index is -0.290. The fourth-order valence-corrected chi connectivity index (χ4v) is 4.26. The van der Waals surface area contributed by atoms with Crippen molar-refractivity contribution in [3.63, 3.8) is 0 Å². The van der Waals surface area contributed by atoms with Crippen molar-refractivity contribution in [2.24, 2.45) is 0 Å². The Hall–Kier alpha value is -1.90. The van der Waals surface area contributed by atoms with E-state index >= 15 is 0 Å². The molecular weight excluding hydrogens is 465 g/mol. The number of hydrogen-bond donors (Lipinski definition) is 0. The molecule has 0 aromatic heterocycles. The minimum Gasteiger partial charge on any atom is -0.490 e. The Morgan fingerprint density at radius 3 is 2.57 bits per heavy atom. The monoisotopic (exact) mass is 481 g/mol. The molecule has 8 heteroatoms. The molecule has 0 aliphatic carbocycles. The van der Waals surface area contributed by atoms with E-state index in [1.54, 1.807) is 25.3 Å². The molecule has 2 aromatic rings. The van der Waals surface area contributed by atoms with Crippen LogP contribution in [0, 0.1) is 5.82 Å². The standard InChI is InChI=1S/C20H17BrFNO3S2/c1-3-25-16-9-13(10-17-19(24)23(2)20(27)28-17)8-15(21)18(16)26-11-12-4-6-14(22)7-5-12/h4-10H,3,11H2,1-2H3/b17-10+. The van der Waals surface area contributed by atoms with Crippen LogP contribution in [-0.4, -0.2) is 28.8 Å². The van der Waals surface area contributed by atoms with E-state index in [9.17, 15) is 9.18 Å². The third-order valence-electron chi connectivity index (χ3n) is 3.91. The summed E-state index contributed by atoms with van der Waals surface area (Å²) in [6, 6.07) is 9.80. The van der Waals surface area contributed by atoms with Crippen LogP contribution in [0.4, 0.5) is 4.39 Å². The largest absolute Gasteiger partial charge is 0.490 e. The van der Waals surface area contributed by atoms with Crippen LogP contribution in [0.2, 0.25) is 0 Å². The fourth-order valence-electron chi connectivity index (χ4n) is 2.51. The molecule has 0 N–H and O–H groups in total. The highest BCUT2D eigenvalue weighted by Gasteiger charge is 2.28. The van der Waals surface area contributed by atoms with Crippen LogP contribution >= 0.6 is 39.9 Å². The lowest BCUT2D eigenvalue weighted by Crippen LogP contribution is -2.22. The SMILES string of the molecule is CCOc1cc(/C=C2/SC(=S)N(C)C2=O)cc(Br)c1OCc1ccc(F)cc1. The molecule has 0 atom stereocenters. The highest BCUT2D eigenvalue weighted by atomic mass is 79.9. The Morgan fingerprint density at radius 2 is 1.96 bits per heavy atom. The van der Waals surface area contributed by atoms with Crippen LogP contribution in [0.15, 0.2) is 45.8 Å². The number of hydrogen-bond acceptors (Lipinski definition) is 5. The summed E-state index contributed by atoms with van der Waals surface area (Å²) in [7, 11) is 1.66. The van der Waals surface area contributed by atoms with E-state index in [1.807, 2.05) is 19.1 Å². The molecule has 28 heavy (non-hydrogen) atoms. The second-order valence-electron chi connectivity index (χ2n) is 5.92. The third kappa shape index (κ3) is 4.74. The molecule has 1 saturated heterocycles. The summed E-state index contributed by atoms with van der Waals surface area (Å²) in [6.45, 7) is 2.61. The zero-order chi connectivity index (χ0) is 20.3. The van der Waals surface area contributed by atoms with Gasteiger partial charge >= 0.3 is 0 Å². The van der Waals surface area contributed by atoms with Gasteiger partial charge in [0.05, 0.1) is 16.0 Å². The van der Waals surface area contributed by atoms with Crippen molar-refractivity contribution in [3.8, 4) is 11.5 Å². The van der Waals surface area contributed by atoms with Gasteiger partial charge in [0, 0.05) is 7.05 Å². The Bertz CT molecular complexity index is 947. The van der Waals surface area contributed by atoms with Gasteiger partial charge in [-0.05, 0) is 64.3 Å². The zero-order valence-electron chi connectivity index (χ0n) is 15.2. The first-order valence-electron chi connectivity index (χ1n) is 8.44. The summed E-state index contributed by atoms with van der Waals surface area (Å²) in [6.07, 6.45) is 1.78. The molecule has 1 aliphatic heterocycles. The van der Waals surface area contributed by atoms with Crippen molar-refractivity contribution in [1.29, 1.82) is 0 Å². The lowest BCUT2D eigenvalue weighted by molar-refractivity contribution is -0.121. The molecule has 1 aliphatic rings. The number of thioether (sulfide) groups is 1. The second-order valence-corrected chi connectivity index (χ2v) is 8.45. The first-order chi connectivity index (χ1) is 13.4. The normalized spacial score (nSPS) is 15.4. The summed E-state index contributed by atoms with van der Waals surface area (Å²) in [5.41, 5.74) is 1.63. The van der Waals surface area contributed by atoms with Crippen molar-refractivity contribution in [1.82, 2.24) is 4.90 Å². The molecule has 3 rings (SSSR count). The number of ether oxygens (including phenoxy) is 2. The Morgan fingerprint density at radius 1 is 1.25 bits per heavy atom. The number of carbonyl (C=O) groups is 1. The predicted octanol–water partition coefficient (Wildman–Crippen LogP) is 5.40. The highest BCUT2D eigenvalue weighted by molar-refractivity contribution is 9.10. The second kappa shape index (κ2) is 9.07. The van der Waals surface area contributed by atoms with E-state index in [1.165, 1.54) is 28.8 Å². The van der Waals surface area contributed by atoms with Crippen LogP contribution in [0.5, 0.6) is 11.5 Å². The summed E-state index contributed by atoms with van der Waals surface area (Å²) in [4.78, 5) is 14.2. The highest BCUT2D eigenvalue weighted by Crippen LogP contribution is 2.39. The first-order valence-corrected chi connectivity index (χ1v) is 10.5. The zero-order valence-corrected chi connectivity index (χ0v) is 18.4. The maximum absolute atomic E-state index is 13.1. The number of benzene rings is 2. The third-order valence-corrected chi connectivity index (χ3v) is 5.99. The van der Waals surface area contributed by atoms with Gasteiger partial charge in [0.15, 0.2) is 11.5 Å². The van der Waals surface area contributed by atoms with Crippen LogP contribution in [-0.2, 0) is 11.4 Å². The number of amides is 1. The van der Waals surface area contributed by atoms with Crippen molar-refractivity contribution < 1.29 is 18.7 Å². The van der Waals surface area contributed by atoms with Gasteiger partial charge in [-0.1, -0.05) is 36.1 Å². The van der Waals surface area contributed by atoms with Gasteiger partial charge in [-0.15, -0.1) is 0 Å². The van der Waals surface area contributed by atoms with E-state index in [-0.39, 0.29) is 18.3 Å². The number of rotatable bonds is 6. The summed E-state index contributed by atoms with van der Waals surface area (Å²) in [5, 5.41) is 0. The Labute approximate surface area is 180 Å². The van der Waals surface area contributed by atoms with E-state index in [4.69, 9.17) is 21.7 Å². The summed E-state index contributed by atoms with van der Waals surface area (Å²) in [5.74, 6) is 0.686. The van der Waals surface area contributed by atoms with Gasteiger partial charge in [0.1, 0.15) is 16.7 Å². The van der Waals surface area contributed by atoms with Crippen molar-refractivity contribution in [2.45, 2.75) is 13.5 Å². The molecule has 4 nitrogen and oxygen atoms in total.